The van der Waals surface area contributed by atoms with Gasteiger partial charge in [-0.2, -0.15) is 0 Å². The van der Waals surface area contributed by atoms with E-state index in [4.69, 9.17) is 0 Å². The summed E-state index contributed by atoms with van der Waals surface area (Å²) in [7, 11) is 0. The Bertz CT molecular complexity index is 213. The van der Waals surface area contributed by atoms with Crippen LogP contribution in [0.25, 0.3) is 0 Å². The number of hydrogen-bond donors (Lipinski definition) is 0. The van der Waals surface area contributed by atoms with Gasteiger partial charge in [-0.1, -0.05) is 0 Å². The molecule has 16 heavy (non-hydrogen) atoms. The molecule has 0 saturated carbocycles. The molecule has 2 heterocycles. The van der Waals surface area contributed by atoms with Crippen molar-refractivity contribution in [2.45, 2.75) is 45.8 Å². The Balaban J connectivity index is 1.71. The topological polar surface area (TPSA) is 9.72 Å². The van der Waals surface area contributed by atoms with Crippen LogP contribution in [0.5, 0.6) is 0 Å². The first-order valence-electron chi connectivity index (χ1n) is 6.80. The summed E-state index contributed by atoms with van der Waals surface area (Å²) in [6.45, 7) is 16.9. The van der Waals surface area contributed by atoms with E-state index in [2.05, 4.69) is 42.4 Å². The molecule has 0 bridgehead atoms. The average molecular weight is 225 g/mol. The Labute approximate surface area is 100 Å². The van der Waals surface area contributed by atoms with Gasteiger partial charge in [0.05, 0.1) is 0 Å². The SMILES string of the molecule is CC(C)N1CCN(C2CN(C(C)C)C2)CC1. The van der Waals surface area contributed by atoms with Crippen molar-refractivity contribution in [1.29, 1.82) is 0 Å². The summed E-state index contributed by atoms with van der Waals surface area (Å²) in [5.74, 6) is 0. The second-order valence-electron chi connectivity index (χ2n) is 5.87. The smallest absolute Gasteiger partial charge is 0.0351 e. The van der Waals surface area contributed by atoms with Gasteiger partial charge in [0, 0.05) is 57.4 Å². The summed E-state index contributed by atoms with van der Waals surface area (Å²) >= 11 is 0. The van der Waals surface area contributed by atoms with Crippen molar-refractivity contribution in [3.05, 3.63) is 0 Å². The molecule has 0 aromatic rings. The summed E-state index contributed by atoms with van der Waals surface area (Å²) in [6.07, 6.45) is 0. The Morgan fingerprint density at radius 2 is 1.25 bits per heavy atom. The van der Waals surface area contributed by atoms with Gasteiger partial charge in [0.2, 0.25) is 0 Å². The first-order chi connectivity index (χ1) is 7.58. The standard InChI is InChI=1S/C13H27N3/c1-11(2)14-5-7-15(8-6-14)13-9-16(10-13)12(3)4/h11-13H,5-10H2,1-4H3. The van der Waals surface area contributed by atoms with Gasteiger partial charge < -0.3 is 0 Å². The number of piperazine rings is 1. The fraction of sp³-hybridized carbons (Fsp3) is 1.00. The molecule has 2 aliphatic heterocycles. The van der Waals surface area contributed by atoms with Crippen molar-refractivity contribution in [1.82, 2.24) is 14.7 Å². The zero-order valence-corrected chi connectivity index (χ0v) is 11.3. The van der Waals surface area contributed by atoms with E-state index in [0.717, 1.165) is 18.1 Å². The molecule has 2 saturated heterocycles. The van der Waals surface area contributed by atoms with Crippen molar-refractivity contribution < 1.29 is 0 Å². The second-order valence-corrected chi connectivity index (χ2v) is 5.87. The van der Waals surface area contributed by atoms with E-state index >= 15 is 0 Å². The van der Waals surface area contributed by atoms with Gasteiger partial charge in [-0.3, -0.25) is 14.7 Å². The van der Waals surface area contributed by atoms with Crippen LogP contribution in [0.2, 0.25) is 0 Å². The second kappa shape index (κ2) is 5.03. The van der Waals surface area contributed by atoms with Crippen molar-refractivity contribution in [2.24, 2.45) is 0 Å². The molecule has 0 aliphatic carbocycles. The zero-order chi connectivity index (χ0) is 11.7. The molecule has 3 nitrogen and oxygen atoms in total. The van der Waals surface area contributed by atoms with Crippen LogP contribution in [0.4, 0.5) is 0 Å². The van der Waals surface area contributed by atoms with Gasteiger partial charge in [-0.05, 0) is 27.7 Å². The molecule has 0 unspecified atom stereocenters. The average Bonchev–Trinajstić information content (AvgIpc) is 2.15. The molecule has 0 atom stereocenters. The Morgan fingerprint density at radius 3 is 1.69 bits per heavy atom. The molecule has 3 heteroatoms. The Morgan fingerprint density at radius 1 is 0.750 bits per heavy atom. The maximum atomic E-state index is 2.69. The summed E-state index contributed by atoms with van der Waals surface area (Å²) in [5.41, 5.74) is 0. The van der Waals surface area contributed by atoms with Crippen molar-refractivity contribution in [3.63, 3.8) is 0 Å². The molecule has 0 N–H and O–H groups in total. The highest BCUT2D eigenvalue weighted by molar-refractivity contribution is 4.91. The van der Waals surface area contributed by atoms with Gasteiger partial charge >= 0.3 is 0 Å². The Hall–Kier alpha value is -0.120. The van der Waals surface area contributed by atoms with Crippen LogP contribution in [-0.4, -0.2) is 72.1 Å². The highest BCUT2D eigenvalue weighted by atomic mass is 15.4. The molecule has 94 valence electrons. The van der Waals surface area contributed by atoms with Crippen LogP contribution < -0.4 is 0 Å². The minimum atomic E-state index is 0.718. The molecule has 2 fully saturated rings. The summed E-state index contributed by atoms with van der Waals surface area (Å²) < 4.78 is 0. The highest BCUT2D eigenvalue weighted by Crippen LogP contribution is 2.19. The molecule has 0 spiro atoms. The van der Waals surface area contributed by atoms with E-state index in [0.29, 0.717) is 0 Å². The van der Waals surface area contributed by atoms with E-state index in [9.17, 15) is 0 Å². The number of hydrogen-bond acceptors (Lipinski definition) is 3. The lowest BCUT2D eigenvalue weighted by atomic mass is 10.0. The van der Waals surface area contributed by atoms with Gasteiger partial charge in [0.25, 0.3) is 0 Å². The van der Waals surface area contributed by atoms with Crippen molar-refractivity contribution >= 4 is 0 Å². The third-order valence-corrected chi connectivity index (χ3v) is 4.22. The van der Waals surface area contributed by atoms with Crippen LogP contribution in [0.3, 0.4) is 0 Å². The monoisotopic (exact) mass is 225 g/mol. The van der Waals surface area contributed by atoms with Gasteiger partial charge in [-0.25, -0.2) is 0 Å². The predicted octanol–water partition coefficient (Wildman–Crippen LogP) is 1.10. The van der Waals surface area contributed by atoms with Crippen molar-refractivity contribution in [3.8, 4) is 0 Å². The maximum Gasteiger partial charge on any atom is 0.0351 e. The highest BCUT2D eigenvalue weighted by Gasteiger charge is 2.34. The molecular formula is C13H27N3. The summed E-state index contributed by atoms with van der Waals surface area (Å²) in [5, 5.41) is 0. The number of likely N-dealkylation sites (tertiary alicyclic amines) is 1. The molecule has 0 radical (unpaired) electrons. The molecule has 0 aromatic heterocycles. The van der Waals surface area contributed by atoms with Crippen LogP contribution in [-0.2, 0) is 0 Å². The van der Waals surface area contributed by atoms with Gasteiger partial charge in [0.15, 0.2) is 0 Å². The lowest BCUT2D eigenvalue weighted by molar-refractivity contribution is -0.0138. The van der Waals surface area contributed by atoms with E-state index in [-0.39, 0.29) is 0 Å². The minimum Gasteiger partial charge on any atom is -0.298 e. The van der Waals surface area contributed by atoms with Gasteiger partial charge in [-0.15, -0.1) is 0 Å². The van der Waals surface area contributed by atoms with Crippen molar-refractivity contribution in [2.75, 3.05) is 39.3 Å². The number of rotatable bonds is 3. The van der Waals surface area contributed by atoms with E-state index in [1.165, 1.54) is 39.3 Å². The van der Waals surface area contributed by atoms with E-state index in [1.54, 1.807) is 0 Å². The fourth-order valence-corrected chi connectivity index (χ4v) is 2.76. The predicted molar refractivity (Wildman–Crippen MR) is 68.8 cm³/mol. The number of nitrogens with zero attached hydrogens (tertiary/aromatic N) is 3. The molecular weight excluding hydrogens is 198 g/mol. The van der Waals surface area contributed by atoms with Crippen LogP contribution >= 0.6 is 0 Å². The first kappa shape index (κ1) is 12.3. The lowest BCUT2D eigenvalue weighted by Gasteiger charge is -2.50. The van der Waals surface area contributed by atoms with Crippen LogP contribution in [0.15, 0.2) is 0 Å². The largest absolute Gasteiger partial charge is 0.298 e. The molecule has 2 aliphatic rings. The third kappa shape index (κ3) is 2.58. The normalized spacial score (nSPS) is 26.6. The lowest BCUT2D eigenvalue weighted by Crippen LogP contribution is -2.64. The third-order valence-electron chi connectivity index (χ3n) is 4.22. The van der Waals surface area contributed by atoms with Crippen LogP contribution in [0.1, 0.15) is 27.7 Å². The Kier molecular flexibility index (Phi) is 3.88. The molecule has 2 rings (SSSR count). The first-order valence-corrected chi connectivity index (χ1v) is 6.80. The quantitative estimate of drug-likeness (QED) is 0.712. The van der Waals surface area contributed by atoms with E-state index in [1.807, 2.05) is 0 Å². The van der Waals surface area contributed by atoms with E-state index < -0.39 is 0 Å². The summed E-state index contributed by atoms with van der Waals surface area (Å²) in [6, 6.07) is 2.29. The van der Waals surface area contributed by atoms with Gasteiger partial charge in [0.1, 0.15) is 0 Å². The fourth-order valence-electron chi connectivity index (χ4n) is 2.76. The maximum absolute atomic E-state index is 2.69. The molecule has 0 amide bonds. The minimum absolute atomic E-state index is 0.718. The zero-order valence-electron chi connectivity index (χ0n) is 11.3. The summed E-state index contributed by atoms with van der Waals surface area (Å²) in [4.78, 5) is 7.85. The molecule has 0 aromatic carbocycles. The van der Waals surface area contributed by atoms with Crippen LogP contribution in [0, 0.1) is 0 Å².